The Morgan fingerprint density at radius 3 is 1.79 bits per heavy atom. The third-order valence-electron chi connectivity index (χ3n) is 5.09. The highest BCUT2D eigenvalue weighted by atomic mass is 15.1. The smallest absolute Gasteiger partial charge is 0.0233 e. The lowest BCUT2D eigenvalue weighted by Gasteiger charge is -2.32. The molecule has 0 aliphatic carbocycles. The predicted octanol–water partition coefficient (Wildman–Crippen LogP) is 7.88. The highest BCUT2D eigenvalue weighted by molar-refractivity contribution is 5.25. The molecule has 1 unspecified atom stereocenters. The number of likely N-dealkylation sites (tertiary alicyclic amines) is 1. The number of hydrogen-bond donors (Lipinski definition) is 1. The Labute approximate surface area is 184 Å². The van der Waals surface area contributed by atoms with Gasteiger partial charge >= 0.3 is 0 Å². The van der Waals surface area contributed by atoms with Crippen molar-refractivity contribution in [3.63, 3.8) is 0 Å². The average molecular weight is 407 g/mol. The first-order valence-electron chi connectivity index (χ1n) is 12.5. The van der Waals surface area contributed by atoms with Gasteiger partial charge in [-0.3, -0.25) is 4.90 Å². The van der Waals surface area contributed by atoms with E-state index in [0.717, 1.165) is 12.5 Å². The van der Waals surface area contributed by atoms with Crippen molar-refractivity contribution in [2.45, 2.75) is 113 Å². The first-order valence-corrected chi connectivity index (χ1v) is 12.5. The second-order valence-corrected chi connectivity index (χ2v) is 8.04. The summed E-state index contributed by atoms with van der Waals surface area (Å²) in [5.41, 5.74) is 2.94. The normalized spacial score (nSPS) is 15.3. The fraction of sp³-hybridized carbons (Fsp3) is 0.778. The van der Waals surface area contributed by atoms with E-state index in [9.17, 15) is 0 Å². The molecule has 1 saturated heterocycles. The third-order valence-corrected chi connectivity index (χ3v) is 5.09. The third kappa shape index (κ3) is 14.7. The second-order valence-electron chi connectivity index (χ2n) is 8.04. The van der Waals surface area contributed by atoms with Gasteiger partial charge in [0.25, 0.3) is 0 Å². The maximum absolute atomic E-state index is 3.58. The van der Waals surface area contributed by atoms with E-state index in [1.54, 1.807) is 0 Å². The van der Waals surface area contributed by atoms with Crippen LogP contribution in [0.25, 0.3) is 0 Å². The minimum Gasteiger partial charge on any atom is -0.314 e. The molecule has 1 aliphatic heterocycles. The Morgan fingerprint density at radius 2 is 1.38 bits per heavy atom. The molecule has 1 heterocycles. The van der Waals surface area contributed by atoms with Gasteiger partial charge in [0.2, 0.25) is 0 Å². The van der Waals surface area contributed by atoms with Crippen molar-refractivity contribution >= 4 is 0 Å². The van der Waals surface area contributed by atoms with Gasteiger partial charge in [0, 0.05) is 12.6 Å². The average Bonchev–Trinajstić information content (AvgIpc) is 2.76. The van der Waals surface area contributed by atoms with Crippen molar-refractivity contribution in [1.82, 2.24) is 10.2 Å². The summed E-state index contributed by atoms with van der Waals surface area (Å²) >= 11 is 0. The molecule has 172 valence electrons. The zero-order valence-corrected chi connectivity index (χ0v) is 21.6. The first-order chi connectivity index (χ1) is 14.0. The van der Waals surface area contributed by atoms with E-state index in [-0.39, 0.29) is 0 Å². The highest BCUT2D eigenvalue weighted by Crippen LogP contribution is 2.21. The molecule has 1 atom stereocenters. The van der Waals surface area contributed by atoms with Crippen LogP contribution < -0.4 is 5.32 Å². The molecule has 2 heteroatoms. The van der Waals surface area contributed by atoms with E-state index >= 15 is 0 Å². The number of hydrogen-bond acceptors (Lipinski definition) is 2. The Hall–Kier alpha value is -0.860. The summed E-state index contributed by atoms with van der Waals surface area (Å²) in [5, 5.41) is 3.58. The molecule has 1 aliphatic rings. The van der Waals surface area contributed by atoms with Crippen molar-refractivity contribution < 1.29 is 0 Å². The molecule has 1 N–H and O–H groups in total. The van der Waals surface area contributed by atoms with Crippen LogP contribution in [-0.2, 0) is 6.54 Å². The molecule has 0 radical (unpaired) electrons. The molecule has 29 heavy (non-hydrogen) atoms. The molecule has 2 nitrogen and oxygen atoms in total. The molecule has 0 bridgehead atoms. The lowest BCUT2D eigenvalue weighted by Crippen LogP contribution is -2.38. The van der Waals surface area contributed by atoms with Gasteiger partial charge in [-0.25, -0.2) is 0 Å². The zero-order valence-electron chi connectivity index (χ0n) is 21.6. The van der Waals surface area contributed by atoms with Crippen LogP contribution in [0.1, 0.15) is 112 Å². The van der Waals surface area contributed by atoms with E-state index < -0.39 is 0 Å². The van der Waals surface area contributed by atoms with E-state index in [1.807, 2.05) is 27.7 Å². The highest BCUT2D eigenvalue weighted by Gasteiger charge is 2.19. The molecule has 1 aromatic carbocycles. The number of piperidine rings is 1. The quantitative estimate of drug-likeness (QED) is 0.495. The Balaban J connectivity index is 0. The molecule has 2 rings (SSSR count). The number of rotatable bonds is 7. The van der Waals surface area contributed by atoms with E-state index in [4.69, 9.17) is 0 Å². The summed E-state index contributed by atoms with van der Waals surface area (Å²) in [6, 6.07) is 9.91. The minimum absolute atomic E-state index is 0.613. The minimum atomic E-state index is 0.613. The lowest BCUT2D eigenvalue weighted by atomic mass is 9.95. The summed E-state index contributed by atoms with van der Waals surface area (Å²) in [6.45, 7) is 26.1. The van der Waals surface area contributed by atoms with Crippen LogP contribution in [0, 0.1) is 5.92 Å². The predicted molar refractivity (Wildman–Crippen MR) is 135 cm³/mol. The maximum Gasteiger partial charge on any atom is 0.0233 e. The molecular weight excluding hydrogens is 352 g/mol. The summed E-state index contributed by atoms with van der Waals surface area (Å²) < 4.78 is 0. The molecule has 0 saturated carbocycles. The molecule has 0 amide bonds. The van der Waals surface area contributed by atoms with Gasteiger partial charge in [-0.15, -0.1) is 0 Å². The van der Waals surface area contributed by atoms with Gasteiger partial charge in [-0.05, 0) is 61.9 Å². The first kappa shape index (κ1) is 30.3. The fourth-order valence-corrected chi connectivity index (χ4v) is 3.20. The van der Waals surface area contributed by atoms with Gasteiger partial charge in [-0.2, -0.15) is 0 Å². The van der Waals surface area contributed by atoms with Crippen molar-refractivity contribution in [3.05, 3.63) is 35.4 Å². The Morgan fingerprint density at radius 1 is 0.897 bits per heavy atom. The van der Waals surface area contributed by atoms with Crippen LogP contribution in [0.15, 0.2) is 24.3 Å². The summed E-state index contributed by atoms with van der Waals surface area (Å²) in [6.07, 6.45) is 5.15. The van der Waals surface area contributed by atoms with Gasteiger partial charge in [0.15, 0.2) is 0 Å². The van der Waals surface area contributed by atoms with E-state index in [0.29, 0.717) is 12.0 Å². The SMILES string of the molecule is CC.CC.CCC.CCC(C)c1ccc(CN2CCC(CNC(C)C)CC2)cc1. The van der Waals surface area contributed by atoms with Crippen molar-refractivity contribution in [2.75, 3.05) is 19.6 Å². The van der Waals surface area contributed by atoms with Crippen LogP contribution in [0.2, 0.25) is 0 Å². The maximum atomic E-state index is 3.58. The van der Waals surface area contributed by atoms with Gasteiger partial charge < -0.3 is 5.32 Å². The fourth-order valence-electron chi connectivity index (χ4n) is 3.20. The second kappa shape index (κ2) is 20.4. The van der Waals surface area contributed by atoms with Crippen LogP contribution in [0.4, 0.5) is 0 Å². The number of benzene rings is 1. The number of nitrogens with one attached hydrogen (secondary N) is 1. The van der Waals surface area contributed by atoms with E-state index in [1.165, 1.54) is 56.4 Å². The molecule has 1 aromatic rings. The summed E-state index contributed by atoms with van der Waals surface area (Å²) in [7, 11) is 0. The molecular formula is C27H54N2. The topological polar surface area (TPSA) is 15.3 Å². The number of nitrogens with zero attached hydrogens (tertiary/aromatic N) is 1. The van der Waals surface area contributed by atoms with Crippen LogP contribution in [-0.4, -0.2) is 30.6 Å². The summed E-state index contributed by atoms with van der Waals surface area (Å²) in [4.78, 5) is 2.62. The summed E-state index contributed by atoms with van der Waals surface area (Å²) in [5.74, 6) is 1.55. The molecule has 0 aromatic heterocycles. The lowest BCUT2D eigenvalue weighted by molar-refractivity contribution is 0.174. The molecule has 1 fully saturated rings. The Bertz CT molecular complexity index is 430. The van der Waals surface area contributed by atoms with Crippen molar-refractivity contribution in [3.8, 4) is 0 Å². The van der Waals surface area contributed by atoms with Crippen molar-refractivity contribution in [2.24, 2.45) is 5.92 Å². The zero-order chi connectivity index (χ0) is 22.7. The standard InChI is InChI=1S/C20H34N2.C3H8.2C2H6/c1-5-17(4)20-8-6-19(7-9-20)15-22-12-10-18(11-13-22)14-21-16(2)3;1-3-2;2*1-2/h6-9,16-18,21H,5,10-15H2,1-4H3;3H2,1-2H3;2*1-2H3. The largest absolute Gasteiger partial charge is 0.314 e. The van der Waals surface area contributed by atoms with Crippen LogP contribution >= 0.6 is 0 Å². The van der Waals surface area contributed by atoms with E-state index in [2.05, 4.69) is 76.0 Å². The Kier molecular flexibility index (Phi) is 21.4. The van der Waals surface area contributed by atoms with Gasteiger partial charge in [0.1, 0.15) is 0 Å². The van der Waals surface area contributed by atoms with Crippen LogP contribution in [0.3, 0.4) is 0 Å². The van der Waals surface area contributed by atoms with Gasteiger partial charge in [-0.1, -0.05) is 99.9 Å². The van der Waals surface area contributed by atoms with Crippen molar-refractivity contribution in [1.29, 1.82) is 0 Å². The monoisotopic (exact) mass is 406 g/mol. The van der Waals surface area contributed by atoms with Crippen LogP contribution in [0.5, 0.6) is 0 Å². The molecule has 0 spiro atoms. The van der Waals surface area contributed by atoms with Gasteiger partial charge in [0.05, 0.1) is 0 Å².